The Hall–Kier alpha value is -3.41. The molecule has 0 saturated heterocycles. The van der Waals surface area contributed by atoms with E-state index in [1.165, 1.54) is 26.6 Å². The van der Waals surface area contributed by atoms with Gasteiger partial charge in [0.15, 0.2) is 11.9 Å². The molecule has 0 aliphatic heterocycles. The van der Waals surface area contributed by atoms with Gasteiger partial charge in [0.2, 0.25) is 5.95 Å². The Morgan fingerprint density at radius 2 is 1.71 bits per heavy atom. The zero-order chi connectivity index (χ0) is 22.4. The van der Waals surface area contributed by atoms with Crippen LogP contribution in [0, 0.1) is 18.4 Å². The molecule has 2 N–H and O–H groups in total. The minimum Gasteiger partial charge on any atom is -0.495 e. The van der Waals surface area contributed by atoms with Gasteiger partial charge >= 0.3 is 0 Å². The van der Waals surface area contributed by atoms with Gasteiger partial charge in [-0.3, -0.25) is 5.32 Å². The van der Waals surface area contributed by atoms with Crippen molar-refractivity contribution in [2.75, 3.05) is 24.9 Å². The van der Waals surface area contributed by atoms with Gasteiger partial charge in [0.05, 0.1) is 48.0 Å². The molecular weight excluding hydrogens is 441 g/mol. The molecule has 1 heterocycles. The lowest BCUT2D eigenvalue weighted by Crippen LogP contribution is -2.04. The molecule has 0 spiro atoms. The number of aromatic nitrogens is 2. The first-order valence-corrected chi connectivity index (χ1v) is 9.79. The summed E-state index contributed by atoms with van der Waals surface area (Å²) in [5.41, 5.74) is 2.79. The van der Waals surface area contributed by atoms with E-state index in [-0.39, 0.29) is 6.61 Å². The van der Waals surface area contributed by atoms with E-state index in [1.807, 2.05) is 25.2 Å². The molecule has 0 unspecified atom stereocenters. The fourth-order valence-corrected chi connectivity index (χ4v) is 3.39. The smallest absolute Gasteiger partial charge is 0.227 e. The van der Waals surface area contributed by atoms with Crippen molar-refractivity contribution in [3.05, 3.63) is 57.8 Å². The molecule has 2 aromatic carbocycles. The van der Waals surface area contributed by atoms with E-state index >= 15 is 0 Å². The molecule has 0 aliphatic rings. The molecule has 31 heavy (non-hydrogen) atoms. The van der Waals surface area contributed by atoms with Crippen molar-refractivity contribution in [1.82, 2.24) is 9.97 Å². The van der Waals surface area contributed by atoms with Crippen LogP contribution in [0.5, 0.6) is 17.2 Å². The maximum atomic E-state index is 8.92. The Labute approximate surface area is 189 Å². The average Bonchev–Trinajstić information content (AvgIpc) is 2.77. The van der Waals surface area contributed by atoms with Crippen molar-refractivity contribution < 1.29 is 14.2 Å². The first kappa shape index (κ1) is 22.3. The van der Waals surface area contributed by atoms with Crippen LogP contribution in [0.15, 0.2) is 36.7 Å². The number of nitriles is 1. The van der Waals surface area contributed by atoms with Gasteiger partial charge in [0.1, 0.15) is 18.1 Å². The van der Waals surface area contributed by atoms with Crippen LogP contribution in [0.3, 0.4) is 0 Å². The number of ether oxygens (including phenoxy) is 3. The maximum absolute atomic E-state index is 8.92. The summed E-state index contributed by atoms with van der Waals surface area (Å²) in [5.74, 6) is 1.62. The summed E-state index contributed by atoms with van der Waals surface area (Å²) < 4.78 is 16.3. The Balaban J connectivity index is 1.75. The van der Waals surface area contributed by atoms with Gasteiger partial charge in [-0.1, -0.05) is 35.3 Å². The second kappa shape index (κ2) is 10.1. The van der Waals surface area contributed by atoms with Crippen molar-refractivity contribution in [2.24, 2.45) is 0 Å². The van der Waals surface area contributed by atoms with Gasteiger partial charge in [-0.05, 0) is 18.6 Å². The predicted octanol–water partition coefficient (Wildman–Crippen LogP) is 5.32. The quantitative estimate of drug-likeness (QED) is 0.344. The fourth-order valence-electron chi connectivity index (χ4n) is 2.78. The third-order valence-electron chi connectivity index (χ3n) is 4.38. The molecule has 160 valence electrons. The number of rotatable bonds is 8. The highest BCUT2D eigenvalue weighted by Crippen LogP contribution is 2.40. The first-order chi connectivity index (χ1) is 15.0. The van der Waals surface area contributed by atoms with E-state index in [9.17, 15) is 0 Å². The highest BCUT2D eigenvalue weighted by Gasteiger charge is 2.18. The Bertz CT molecular complexity index is 1090. The third-order valence-corrected chi connectivity index (χ3v) is 5.20. The van der Waals surface area contributed by atoms with E-state index in [1.54, 1.807) is 12.1 Å². The summed E-state index contributed by atoms with van der Waals surface area (Å²) >= 11 is 12.7. The summed E-state index contributed by atoms with van der Waals surface area (Å²) in [6, 6.07) is 7.16. The van der Waals surface area contributed by atoms with E-state index < -0.39 is 0 Å². The molecule has 8 nitrogen and oxygen atoms in total. The Kier molecular flexibility index (Phi) is 7.23. The fraction of sp³-hybridized carbons (Fsp3) is 0.190. The summed E-state index contributed by atoms with van der Waals surface area (Å²) in [6.07, 6.45) is 4.95. The average molecular weight is 460 g/mol. The Morgan fingerprint density at radius 1 is 1.06 bits per heavy atom. The van der Waals surface area contributed by atoms with Gasteiger partial charge in [0.25, 0.3) is 0 Å². The topological polar surface area (TPSA) is 101 Å². The van der Waals surface area contributed by atoms with Crippen molar-refractivity contribution in [2.45, 2.75) is 13.5 Å². The van der Waals surface area contributed by atoms with Gasteiger partial charge in [-0.15, -0.1) is 0 Å². The second-order valence-corrected chi connectivity index (χ2v) is 7.03. The first-order valence-electron chi connectivity index (χ1n) is 9.03. The summed E-state index contributed by atoms with van der Waals surface area (Å²) in [7, 11) is 3.01. The molecule has 3 rings (SSSR count). The minimum atomic E-state index is 0.0649. The van der Waals surface area contributed by atoms with Crippen LogP contribution in [0.2, 0.25) is 10.0 Å². The van der Waals surface area contributed by atoms with Crippen LogP contribution in [-0.4, -0.2) is 24.2 Å². The highest BCUT2D eigenvalue weighted by molar-refractivity contribution is 6.37. The van der Waals surface area contributed by atoms with E-state index in [0.29, 0.717) is 50.2 Å². The van der Waals surface area contributed by atoms with Crippen LogP contribution in [0.1, 0.15) is 11.1 Å². The number of hydrogen-bond donors (Lipinski definition) is 2. The number of benzene rings is 2. The van der Waals surface area contributed by atoms with E-state index in [2.05, 4.69) is 20.6 Å². The largest absolute Gasteiger partial charge is 0.495 e. The molecule has 0 atom stereocenters. The lowest BCUT2D eigenvalue weighted by Gasteiger charge is -2.15. The van der Waals surface area contributed by atoms with Crippen LogP contribution >= 0.6 is 23.2 Å². The summed E-state index contributed by atoms with van der Waals surface area (Å²) in [6.45, 7) is 1.98. The zero-order valence-corrected chi connectivity index (χ0v) is 18.5. The van der Waals surface area contributed by atoms with Gasteiger partial charge in [-0.2, -0.15) is 5.26 Å². The highest BCUT2D eigenvalue weighted by atomic mass is 35.5. The molecule has 10 heteroatoms. The number of aryl methyl sites for hydroxylation is 1. The molecule has 0 bridgehead atoms. The van der Waals surface area contributed by atoms with Crippen LogP contribution < -0.4 is 24.8 Å². The van der Waals surface area contributed by atoms with E-state index in [4.69, 9.17) is 42.7 Å². The SMILES string of the molecule is COc1cc(OC)c(Cl)c(COc2cnc(Nc3c(C)cccc3NC#N)nc2)c1Cl. The summed E-state index contributed by atoms with van der Waals surface area (Å²) in [4.78, 5) is 8.54. The second-order valence-electron chi connectivity index (χ2n) is 6.28. The van der Waals surface area contributed by atoms with Crippen molar-refractivity contribution in [1.29, 1.82) is 5.26 Å². The van der Waals surface area contributed by atoms with Crippen molar-refractivity contribution in [3.8, 4) is 23.4 Å². The number of halogens is 2. The van der Waals surface area contributed by atoms with Crippen molar-refractivity contribution >= 4 is 40.5 Å². The molecule has 0 radical (unpaired) electrons. The normalized spacial score (nSPS) is 10.2. The monoisotopic (exact) mass is 459 g/mol. The van der Waals surface area contributed by atoms with E-state index in [0.717, 1.165) is 5.56 Å². The van der Waals surface area contributed by atoms with Gasteiger partial charge in [-0.25, -0.2) is 9.97 Å². The lowest BCUT2D eigenvalue weighted by molar-refractivity contribution is 0.301. The number of hydrogen-bond acceptors (Lipinski definition) is 8. The number of nitrogens with zero attached hydrogens (tertiary/aromatic N) is 3. The molecule has 0 fully saturated rings. The molecule has 3 aromatic rings. The van der Waals surface area contributed by atoms with Gasteiger partial charge in [0, 0.05) is 11.6 Å². The third kappa shape index (κ3) is 5.02. The number of para-hydroxylation sites is 1. The molecular formula is C21H19Cl2N5O3. The van der Waals surface area contributed by atoms with Crippen LogP contribution in [-0.2, 0) is 6.61 Å². The minimum absolute atomic E-state index is 0.0649. The van der Waals surface area contributed by atoms with Crippen LogP contribution in [0.25, 0.3) is 0 Å². The van der Waals surface area contributed by atoms with Gasteiger partial charge < -0.3 is 19.5 Å². The number of methoxy groups -OCH3 is 2. The molecule has 0 amide bonds. The number of anilines is 3. The standard InChI is InChI=1S/C21H19Cl2N5O3/c1-12-5-4-6-15(27-11-24)20(12)28-21-25-8-13(9-26-21)31-10-14-18(22)16(29-2)7-17(30-3)19(14)23/h4-9,27H,10H2,1-3H3,(H,25,26,28). The molecule has 0 saturated carbocycles. The number of nitrogens with one attached hydrogen (secondary N) is 2. The van der Waals surface area contributed by atoms with Crippen molar-refractivity contribution in [3.63, 3.8) is 0 Å². The zero-order valence-electron chi connectivity index (χ0n) is 17.0. The lowest BCUT2D eigenvalue weighted by atomic mass is 10.1. The molecule has 0 aliphatic carbocycles. The predicted molar refractivity (Wildman–Crippen MR) is 120 cm³/mol. The summed E-state index contributed by atoms with van der Waals surface area (Å²) in [5, 5.41) is 15.3. The maximum Gasteiger partial charge on any atom is 0.227 e. The Morgan fingerprint density at radius 3 is 2.29 bits per heavy atom. The van der Waals surface area contributed by atoms with Crippen LogP contribution in [0.4, 0.5) is 17.3 Å². The molecule has 1 aromatic heterocycles.